The van der Waals surface area contributed by atoms with E-state index in [4.69, 9.17) is 0 Å². The van der Waals surface area contributed by atoms with Gasteiger partial charge in [-0.25, -0.2) is 4.98 Å². The topological polar surface area (TPSA) is 67.2 Å². The molecule has 160 valence electrons. The number of para-hydroxylation sites is 3. The van der Waals surface area contributed by atoms with Gasteiger partial charge in [0.05, 0.1) is 17.2 Å². The first-order chi connectivity index (χ1) is 15.7. The fourth-order valence-corrected chi connectivity index (χ4v) is 4.23. The van der Waals surface area contributed by atoms with Gasteiger partial charge in [0.25, 0.3) is 5.56 Å². The van der Waals surface area contributed by atoms with Gasteiger partial charge >= 0.3 is 0 Å². The Hall–Kier alpha value is -3.93. The lowest BCUT2D eigenvalue weighted by Gasteiger charge is -2.19. The number of amides is 1. The number of aromatic nitrogens is 2. The molecule has 1 N–H and O–H groups in total. The first-order valence-corrected chi connectivity index (χ1v) is 10.8. The van der Waals surface area contributed by atoms with E-state index in [1.165, 1.54) is 27.6 Å². The zero-order valence-electron chi connectivity index (χ0n) is 17.7. The fraction of sp³-hybridized carbons (Fsp3) is 0.192. The number of nitrogens with one attached hydrogen (secondary N) is 1. The largest absolute Gasteiger partial charge is 0.367 e. The number of fused-ring (bicyclic) bond motifs is 2. The van der Waals surface area contributed by atoms with Crippen LogP contribution in [0.5, 0.6) is 0 Å². The average Bonchev–Trinajstić information content (AvgIpc) is 3.23. The molecule has 6 nitrogen and oxygen atoms in total. The highest BCUT2D eigenvalue weighted by molar-refractivity contribution is 5.79. The van der Waals surface area contributed by atoms with Crippen LogP contribution in [-0.2, 0) is 30.8 Å². The Bertz CT molecular complexity index is 1330. The predicted molar refractivity (Wildman–Crippen MR) is 125 cm³/mol. The van der Waals surface area contributed by atoms with Crippen LogP contribution in [-0.4, -0.2) is 22.0 Å². The van der Waals surface area contributed by atoms with Crippen molar-refractivity contribution in [2.75, 3.05) is 11.4 Å². The molecule has 1 aliphatic rings. The molecule has 0 aliphatic carbocycles. The van der Waals surface area contributed by atoms with Gasteiger partial charge in [0.1, 0.15) is 6.54 Å². The maximum Gasteiger partial charge on any atom is 0.269 e. The van der Waals surface area contributed by atoms with E-state index in [0.717, 1.165) is 25.1 Å². The van der Waals surface area contributed by atoms with Crippen molar-refractivity contribution in [2.45, 2.75) is 26.1 Å². The van der Waals surface area contributed by atoms with Gasteiger partial charge in [-0.1, -0.05) is 54.6 Å². The van der Waals surface area contributed by atoms with Gasteiger partial charge in [-0.05, 0) is 41.3 Å². The summed E-state index contributed by atoms with van der Waals surface area (Å²) < 4.78 is 1.45. The van der Waals surface area contributed by atoms with E-state index < -0.39 is 0 Å². The Morgan fingerprint density at radius 2 is 1.69 bits per heavy atom. The van der Waals surface area contributed by atoms with Crippen LogP contribution in [0.1, 0.15) is 16.7 Å². The molecule has 0 radical (unpaired) electrons. The van der Waals surface area contributed by atoms with E-state index in [2.05, 4.69) is 51.6 Å². The Kier molecular flexibility index (Phi) is 5.42. The zero-order chi connectivity index (χ0) is 21.9. The van der Waals surface area contributed by atoms with Gasteiger partial charge in [-0.3, -0.25) is 14.2 Å². The van der Waals surface area contributed by atoms with Crippen LogP contribution in [0.15, 0.2) is 83.8 Å². The minimum atomic E-state index is -0.285. The third-order valence-electron chi connectivity index (χ3n) is 5.92. The second-order valence-electron chi connectivity index (χ2n) is 8.06. The molecular formula is C26H24N4O2. The van der Waals surface area contributed by atoms with Crippen molar-refractivity contribution in [1.29, 1.82) is 0 Å². The van der Waals surface area contributed by atoms with Gasteiger partial charge in [0.2, 0.25) is 5.91 Å². The maximum atomic E-state index is 12.5. The van der Waals surface area contributed by atoms with Gasteiger partial charge in [-0.2, -0.15) is 0 Å². The molecule has 0 atom stereocenters. The third-order valence-corrected chi connectivity index (χ3v) is 5.92. The average molecular weight is 425 g/mol. The summed E-state index contributed by atoms with van der Waals surface area (Å²) >= 11 is 0. The highest BCUT2D eigenvalue weighted by Gasteiger charge is 2.18. The highest BCUT2D eigenvalue weighted by Crippen LogP contribution is 2.28. The summed E-state index contributed by atoms with van der Waals surface area (Å²) in [5.74, 6) is -0.207. The number of nitrogens with zero attached hydrogens (tertiary/aromatic N) is 3. The van der Waals surface area contributed by atoms with Crippen LogP contribution in [0.25, 0.3) is 11.0 Å². The summed E-state index contributed by atoms with van der Waals surface area (Å²) in [6.07, 6.45) is 2.35. The maximum absolute atomic E-state index is 12.5. The fourth-order valence-electron chi connectivity index (χ4n) is 4.23. The van der Waals surface area contributed by atoms with Crippen molar-refractivity contribution in [2.24, 2.45) is 0 Å². The van der Waals surface area contributed by atoms with E-state index in [1.807, 2.05) is 30.3 Å². The summed E-state index contributed by atoms with van der Waals surface area (Å²) in [7, 11) is 0. The number of carbonyl (C=O) groups is 1. The Balaban J connectivity index is 1.20. The Labute approximate surface area is 186 Å². The quantitative estimate of drug-likeness (QED) is 0.516. The van der Waals surface area contributed by atoms with Crippen LogP contribution in [0.2, 0.25) is 0 Å². The SMILES string of the molecule is O=C(Cn1c(=O)cnc2ccccc21)NCc1ccc(CN2CCc3ccccc32)cc1. The molecule has 3 aromatic carbocycles. The minimum Gasteiger partial charge on any atom is -0.367 e. The Morgan fingerprint density at radius 1 is 0.938 bits per heavy atom. The molecule has 2 heterocycles. The summed E-state index contributed by atoms with van der Waals surface area (Å²) in [6.45, 7) is 2.31. The molecule has 1 aromatic heterocycles. The standard InChI is InChI=1S/C26H24N4O2/c31-25(18-30-24-8-4-2-6-22(24)27-16-26(30)32)28-15-19-9-11-20(12-10-19)17-29-14-13-21-5-1-3-7-23(21)29/h1-12,16H,13-15,17-18H2,(H,28,31). The number of rotatable bonds is 6. The highest BCUT2D eigenvalue weighted by atomic mass is 16.2. The van der Waals surface area contributed by atoms with Crippen LogP contribution >= 0.6 is 0 Å². The van der Waals surface area contributed by atoms with Crippen molar-refractivity contribution >= 4 is 22.6 Å². The van der Waals surface area contributed by atoms with Crippen molar-refractivity contribution in [1.82, 2.24) is 14.9 Å². The molecular weight excluding hydrogens is 400 g/mol. The molecule has 5 rings (SSSR count). The lowest BCUT2D eigenvalue weighted by atomic mass is 10.1. The smallest absolute Gasteiger partial charge is 0.269 e. The normalized spacial score (nSPS) is 12.7. The van der Waals surface area contributed by atoms with Gasteiger partial charge in [0, 0.05) is 25.3 Å². The molecule has 1 aliphatic heterocycles. The molecule has 0 unspecified atom stereocenters. The second-order valence-corrected chi connectivity index (χ2v) is 8.06. The number of hydrogen-bond acceptors (Lipinski definition) is 4. The molecule has 0 saturated heterocycles. The minimum absolute atomic E-state index is 0.0334. The van der Waals surface area contributed by atoms with Gasteiger partial charge in [0.15, 0.2) is 0 Å². The molecule has 0 fully saturated rings. The zero-order valence-corrected chi connectivity index (χ0v) is 17.7. The first-order valence-electron chi connectivity index (χ1n) is 10.8. The van der Waals surface area contributed by atoms with Crippen molar-refractivity contribution < 1.29 is 4.79 Å². The molecule has 0 saturated carbocycles. The monoisotopic (exact) mass is 424 g/mol. The van der Waals surface area contributed by atoms with Crippen molar-refractivity contribution in [3.8, 4) is 0 Å². The van der Waals surface area contributed by atoms with Gasteiger partial charge in [-0.15, -0.1) is 0 Å². The lowest BCUT2D eigenvalue weighted by molar-refractivity contribution is -0.121. The van der Waals surface area contributed by atoms with E-state index in [1.54, 1.807) is 6.07 Å². The van der Waals surface area contributed by atoms with E-state index in [9.17, 15) is 9.59 Å². The third kappa shape index (κ3) is 4.12. The number of hydrogen-bond donors (Lipinski definition) is 1. The van der Waals surface area contributed by atoms with E-state index >= 15 is 0 Å². The number of carbonyl (C=O) groups excluding carboxylic acids is 1. The van der Waals surface area contributed by atoms with Crippen LogP contribution in [0.3, 0.4) is 0 Å². The van der Waals surface area contributed by atoms with Gasteiger partial charge < -0.3 is 10.2 Å². The van der Waals surface area contributed by atoms with Crippen molar-refractivity contribution in [3.05, 3.63) is 106 Å². The number of benzene rings is 3. The van der Waals surface area contributed by atoms with E-state index in [-0.39, 0.29) is 18.0 Å². The molecule has 4 aromatic rings. The number of anilines is 1. The van der Waals surface area contributed by atoms with Crippen molar-refractivity contribution in [3.63, 3.8) is 0 Å². The van der Waals surface area contributed by atoms with Crippen LogP contribution < -0.4 is 15.8 Å². The molecule has 0 bridgehead atoms. The predicted octanol–water partition coefficient (Wildman–Crippen LogP) is 3.28. The molecule has 32 heavy (non-hydrogen) atoms. The van der Waals surface area contributed by atoms with E-state index in [0.29, 0.717) is 17.6 Å². The molecule has 1 amide bonds. The van der Waals surface area contributed by atoms with Crippen LogP contribution in [0, 0.1) is 0 Å². The first kappa shape index (κ1) is 20.0. The van der Waals surface area contributed by atoms with Crippen LogP contribution in [0.4, 0.5) is 5.69 Å². The summed E-state index contributed by atoms with van der Waals surface area (Å²) in [6, 6.07) is 24.2. The summed E-state index contributed by atoms with van der Waals surface area (Å²) in [5.41, 5.74) is 6.06. The lowest BCUT2D eigenvalue weighted by Crippen LogP contribution is -2.32. The molecule has 0 spiro atoms. The summed E-state index contributed by atoms with van der Waals surface area (Å²) in [4.78, 5) is 31.3. The Morgan fingerprint density at radius 3 is 2.56 bits per heavy atom. The second kappa shape index (κ2) is 8.67. The molecule has 6 heteroatoms. The summed E-state index contributed by atoms with van der Waals surface area (Å²) in [5, 5.41) is 2.92.